The van der Waals surface area contributed by atoms with Crippen molar-refractivity contribution in [3.63, 3.8) is 0 Å². The average molecular weight is 261 g/mol. The van der Waals surface area contributed by atoms with Crippen LogP contribution in [0.25, 0.3) is 0 Å². The van der Waals surface area contributed by atoms with Crippen LogP contribution in [0.1, 0.15) is 18.1 Å². The lowest BCUT2D eigenvalue weighted by molar-refractivity contribution is 0.0858. The molecule has 1 aliphatic heterocycles. The molecule has 4 heteroatoms. The van der Waals surface area contributed by atoms with Crippen molar-refractivity contribution in [2.75, 3.05) is 0 Å². The Hall–Kier alpha value is -0.540. The van der Waals surface area contributed by atoms with E-state index in [0.717, 1.165) is 21.6 Å². The summed E-state index contributed by atoms with van der Waals surface area (Å²) >= 11 is 9.14. The van der Waals surface area contributed by atoms with Crippen LogP contribution < -0.4 is 0 Å². The van der Waals surface area contributed by atoms with E-state index in [1.54, 1.807) is 0 Å². The monoisotopic (exact) mass is 259 g/mol. The summed E-state index contributed by atoms with van der Waals surface area (Å²) in [4.78, 5) is 5.19. The molecule has 0 spiro atoms. The van der Waals surface area contributed by atoms with Gasteiger partial charge >= 0.3 is 0 Å². The van der Waals surface area contributed by atoms with Crippen LogP contribution in [0.3, 0.4) is 0 Å². The molecule has 0 aliphatic carbocycles. The molecule has 0 radical (unpaired) electrons. The Balaban J connectivity index is 2.18. The van der Waals surface area contributed by atoms with Crippen molar-refractivity contribution in [3.05, 3.63) is 34.9 Å². The minimum absolute atomic E-state index is 0.00748. The molecule has 1 atom stereocenters. The third kappa shape index (κ3) is 2.03. The highest BCUT2D eigenvalue weighted by Crippen LogP contribution is 2.29. The smallest absolute Gasteiger partial charge is 0.158 e. The second-order valence-electron chi connectivity index (χ2n) is 2.82. The Bertz CT molecular complexity index is 353. The highest BCUT2D eigenvalue weighted by Gasteiger charge is 2.20. The standard InChI is InChI=1S/C9H7BrClNO/c10-9-5-8(13-12-9)6-2-1-3-7(11)4-6/h1-4,8H,5H2. The quantitative estimate of drug-likeness (QED) is 0.757. The number of hydrogen-bond donors (Lipinski definition) is 0. The molecule has 2 nitrogen and oxygen atoms in total. The van der Waals surface area contributed by atoms with Crippen molar-refractivity contribution < 1.29 is 4.84 Å². The van der Waals surface area contributed by atoms with E-state index in [2.05, 4.69) is 21.1 Å². The Morgan fingerprint density at radius 3 is 3.00 bits per heavy atom. The van der Waals surface area contributed by atoms with E-state index in [-0.39, 0.29) is 6.10 Å². The zero-order chi connectivity index (χ0) is 9.26. The van der Waals surface area contributed by atoms with Gasteiger partial charge in [0.1, 0.15) is 4.62 Å². The number of hydrogen-bond acceptors (Lipinski definition) is 2. The van der Waals surface area contributed by atoms with E-state index < -0.39 is 0 Å². The summed E-state index contributed by atoms with van der Waals surface area (Å²) in [5.41, 5.74) is 1.06. The molecule has 1 unspecified atom stereocenters. The van der Waals surface area contributed by atoms with Gasteiger partial charge in [0.05, 0.1) is 0 Å². The normalized spacial score (nSPS) is 21.1. The summed E-state index contributed by atoms with van der Waals surface area (Å²) in [5, 5.41) is 4.54. The van der Waals surface area contributed by atoms with Gasteiger partial charge < -0.3 is 4.84 Å². The van der Waals surface area contributed by atoms with Crippen molar-refractivity contribution in [2.45, 2.75) is 12.5 Å². The first kappa shape index (κ1) is 9.03. The zero-order valence-corrected chi connectivity index (χ0v) is 9.05. The highest BCUT2D eigenvalue weighted by atomic mass is 79.9. The maximum absolute atomic E-state index is 5.85. The first-order chi connectivity index (χ1) is 6.25. The van der Waals surface area contributed by atoms with Crippen molar-refractivity contribution in [2.24, 2.45) is 5.16 Å². The summed E-state index contributed by atoms with van der Waals surface area (Å²) in [6.07, 6.45) is 0.786. The van der Waals surface area contributed by atoms with Gasteiger partial charge in [-0.2, -0.15) is 0 Å². The van der Waals surface area contributed by atoms with Crippen LogP contribution in [-0.2, 0) is 4.84 Å². The van der Waals surface area contributed by atoms with Gasteiger partial charge in [-0.15, -0.1) is 0 Å². The molecule has 13 heavy (non-hydrogen) atoms. The van der Waals surface area contributed by atoms with Gasteiger partial charge in [-0.3, -0.25) is 0 Å². The highest BCUT2D eigenvalue weighted by molar-refractivity contribution is 9.18. The summed E-state index contributed by atoms with van der Waals surface area (Å²) in [6, 6.07) is 7.63. The number of oxime groups is 1. The van der Waals surface area contributed by atoms with Gasteiger partial charge in [0, 0.05) is 11.4 Å². The van der Waals surface area contributed by atoms with Crippen LogP contribution >= 0.6 is 27.5 Å². The Morgan fingerprint density at radius 1 is 1.54 bits per heavy atom. The number of rotatable bonds is 1. The van der Waals surface area contributed by atoms with E-state index in [0.29, 0.717) is 0 Å². The summed E-state index contributed by atoms with van der Waals surface area (Å²) in [6.45, 7) is 0. The Kier molecular flexibility index (Phi) is 2.56. The maximum atomic E-state index is 5.85. The lowest BCUT2D eigenvalue weighted by atomic mass is 10.1. The molecule has 0 saturated carbocycles. The number of halogens is 2. The van der Waals surface area contributed by atoms with Gasteiger partial charge in [-0.1, -0.05) is 28.9 Å². The van der Waals surface area contributed by atoms with E-state index in [4.69, 9.17) is 16.4 Å². The molecule has 0 amide bonds. The van der Waals surface area contributed by atoms with Gasteiger partial charge in [0.25, 0.3) is 0 Å². The fourth-order valence-corrected chi connectivity index (χ4v) is 1.81. The van der Waals surface area contributed by atoms with Crippen molar-refractivity contribution in [3.8, 4) is 0 Å². The average Bonchev–Trinajstić information content (AvgIpc) is 2.52. The molecule has 0 saturated heterocycles. The minimum atomic E-state index is 0.00748. The van der Waals surface area contributed by atoms with Crippen molar-refractivity contribution in [1.29, 1.82) is 0 Å². The molecule has 1 aliphatic rings. The van der Waals surface area contributed by atoms with Crippen molar-refractivity contribution in [1.82, 2.24) is 0 Å². The summed E-state index contributed by atoms with van der Waals surface area (Å²) in [5.74, 6) is 0. The molecule has 1 aromatic carbocycles. The van der Waals surface area contributed by atoms with Crippen LogP contribution in [0, 0.1) is 0 Å². The summed E-state index contributed by atoms with van der Waals surface area (Å²) < 4.78 is 0.845. The predicted octanol–water partition coefficient (Wildman–Crippen LogP) is 3.51. The molecule has 1 aromatic rings. The van der Waals surface area contributed by atoms with E-state index in [1.807, 2.05) is 24.3 Å². The first-order valence-corrected chi connectivity index (χ1v) is 5.06. The molecule has 68 valence electrons. The van der Waals surface area contributed by atoms with E-state index >= 15 is 0 Å². The second-order valence-corrected chi connectivity index (χ2v) is 4.17. The molecule has 0 fully saturated rings. The molecule has 2 rings (SSSR count). The first-order valence-electron chi connectivity index (χ1n) is 3.89. The number of benzene rings is 1. The molecule has 0 aromatic heterocycles. The molecule has 0 bridgehead atoms. The lowest BCUT2D eigenvalue weighted by Crippen LogP contribution is -1.96. The molecule has 0 N–H and O–H groups in total. The van der Waals surface area contributed by atoms with E-state index in [9.17, 15) is 0 Å². The van der Waals surface area contributed by atoms with E-state index in [1.165, 1.54) is 0 Å². The van der Waals surface area contributed by atoms with Crippen LogP contribution in [0.15, 0.2) is 29.4 Å². The Morgan fingerprint density at radius 2 is 2.38 bits per heavy atom. The molecule has 1 heterocycles. The predicted molar refractivity (Wildman–Crippen MR) is 56.3 cm³/mol. The van der Waals surface area contributed by atoms with Gasteiger partial charge in [-0.25, -0.2) is 0 Å². The van der Waals surface area contributed by atoms with Crippen LogP contribution in [0.5, 0.6) is 0 Å². The fraction of sp³-hybridized carbons (Fsp3) is 0.222. The fourth-order valence-electron chi connectivity index (χ4n) is 1.23. The lowest BCUT2D eigenvalue weighted by Gasteiger charge is -2.07. The van der Waals surface area contributed by atoms with Crippen LogP contribution in [-0.4, -0.2) is 4.62 Å². The van der Waals surface area contributed by atoms with Crippen molar-refractivity contribution >= 4 is 32.2 Å². The zero-order valence-electron chi connectivity index (χ0n) is 6.71. The molecular formula is C9H7BrClNO. The third-order valence-corrected chi connectivity index (χ3v) is 2.56. The number of nitrogens with zero attached hydrogens (tertiary/aromatic N) is 1. The van der Waals surface area contributed by atoms with Crippen LogP contribution in [0.4, 0.5) is 0 Å². The topological polar surface area (TPSA) is 21.6 Å². The van der Waals surface area contributed by atoms with Gasteiger partial charge in [0.2, 0.25) is 0 Å². The third-order valence-electron chi connectivity index (χ3n) is 1.85. The second kappa shape index (κ2) is 3.68. The Labute approximate surface area is 89.7 Å². The minimum Gasteiger partial charge on any atom is -0.386 e. The van der Waals surface area contributed by atoms with Gasteiger partial charge in [-0.05, 0) is 33.6 Å². The summed E-state index contributed by atoms with van der Waals surface area (Å²) in [7, 11) is 0. The van der Waals surface area contributed by atoms with Crippen LogP contribution in [0.2, 0.25) is 5.02 Å². The maximum Gasteiger partial charge on any atom is 0.158 e. The van der Waals surface area contributed by atoms with Gasteiger partial charge in [0.15, 0.2) is 6.10 Å². The largest absolute Gasteiger partial charge is 0.386 e. The SMILES string of the molecule is Clc1cccc(C2CC(Br)=NO2)c1. The molecular weight excluding hydrogens is 253 g/mol.